The second-order valence-corrected chi connectivity index (χ2v) is 3.86. The number of hydrogen-bond acceptors (Lipinski definition) is 3. The molecule has 0 spiro atoms. The third kappa shape index (κ3) is 3.21. The zero-order valence-corrected chi connectivity index (χ0v) is 8.45. The standard InChI is InChI=1S/C6H8F5O3P/c1-2-4-3-12-15(13-4)14-6(10,11)5(7,8)9/h4H,2-3H2,1H3. The Bertz CT molecular complexity index is 221. The van der Waals surface area contributed by atoms with Gasteiger partial charge in [0.05, 0.1) is 12.7 Å². The molecule has 0 amide bonds. The normalized spacial score (nSPS) is 28.4. The van der Waals surface area contributed by atoms with E-state index in [0.717, 1.165) is 0 Å². The van der Waals surface area contributed by atoms with Crippen LogP contribution < -0.4 is 0 Å². The van der Waals surface area contributed by atoms with Crippen LogP contribution in [0.3, 0.4) is 0 Å². The van der Waals surface area contributed by atoms with E-state index in [-0.39, 0.29) is 6.61 Å². The highest BCUT2D eigenvalue weighted by Crippen LogP contribution is 2.54. The van der Waals surface area contributed by atoms with Crippen LogP contribution in [0.2, 0.25) is 0 Å². The summed E-state index contributed by atoms with van der Waals surface area (Å²) in [6.45, 7) is 1.66. The highest BCUT2D eigenvalue weighted by Gasteiger charge is 2.62. The fourth-order valence-corrected chi connectivity index (χ4v) is 1.90. The minimum Gasteiger partial charge on any atom is -0.309 e. The molecule has 9 heteroatoms. The lowest BCUT2D eigenvalue weighted by Gasteiger charge is -2.20. The first-order valence-corrected chi connectivity index (χ1v) is 5.09. The van der Waals surface area contributed by atoms with Crippen molar-refractivity contribution in [1.82, 2.24) is 0 Å². The van der Waals surface area contributed by atoms with Crippen LogP contribution in [0.5, 0.6) is 0 Å². The van der Waals surface area contributed by atoms with Gasteiger partial charge in [0.2, 0.25) is 0 Å². The van der Waals surface area contributed by atoms with Gasteiger partial charge in [0.25, 0.3) is 0 Å². The van der Waals surface area contributed by atoms with Crippen molar-refractivity contribution in [2.75, 3.05) is 6.61 Å². The molecular weight excluding hydrogens is 246 g/mol. The van der Waals surface area contributed by atoms with Crippen molar-refractivity contribution in [3.8, 4) is 0 Å². The van der Waals surface area contributed by atoms with E-state index in [1.165, 1.54) is 0 Å². The predicted molar refractivity (Wildman–Crippen MR) is 40.1 cm³/mol. The minimum atomic E-state index is -5.76. The molecule has 1 aliphatic heterocycles. The van der Waals surface area contributed by atoms with Gasteiger partial charge in [-0.15, -0.1) is 0 Å². The molecule has 1 heterocycles. The average molecular weight is 254 g/mol. The first-order chi connectivity index (χ1) is 6.76. The molecule has 0 aromatic rings. The number of alkyl halides is 5. The van der Waals surface area contributed by atoms with Gasteiger partial charge in [-0.25, -0.2) is 4.52 Å². The second-order valence-electron chi connectivity index (χ2n) is 2.76. The topological polar surface area (TPSA) is 27.7 Å². The molecule has 0 radical (unpaired) electrons. The molecule has 0 bridgehead atoms. The van der Waals surface area contributed by atoms with Crippen LogP contribution in [-0.4, -0.2) is 25.0 Å². The number of halogens is 5. The summed E-state index contributed by atoms with van der Waals surface area (Å²) in [4.78, 5) is 0. The third-order valence-corrected chi connectivity index (χ3v) is 2.78. The van der Waals surface area contributed by atoms with Gasteiger partial charge in [0.15, 0.2) is 0 Å². The number of rotatable bonds is 3. The summed E-state index contributed by atoms with van der Waals surface area (Å²) in [5, 5.41) is 0. The van der Waals surface area contributed by atoms with Crippen molar-refractivity contribution in [2.45, 2.75) is 31.7 Å². The van der Waals surface area contributed by atoms with Crippen LogP contribution in [0.15, 0.2) is 0 Å². The molecule has 0 N–H and O–H groups in total. The molecule has 0 aromatic heterocycles. The molecule has 1 aliphatic rings. The van der Waals surface area contributed by atoms with Gasteiger partial charge in [-0.05, 0) is 6.42 Å². The van der Waals surface area contributed by atoms with E-state index in [4.69, 9.17) is 0 Å². The fourth-order valence-electron chi connectivity index (χ4n) is 0.712. The summed E-state index contributed by atoms with van der Waals surface area (Å²) < 4.78 is 72.4. The summed E-state index contributed by atoms with van der Waals surface area (Å²) in [7, 11) is -2.61. The molecule has 2 unspecified atom stereocenters. The van der Waals surface area contributed by atoms with E-state index in [1.54, 1.807) is 6.92 Å². The van der Waals surface area contributed by atoms with Crippen molar-refractivity contribution in [2.24, 2.45) is 0 Å². The maximum Gasteiger partial charge on any atom is 0.483 e. The Morgan fingerprint density at radius 1 is 1.33 bits per heavy atom. The highest BCUT2D eigenvalue weighted by molar-refractivity contribution is 7.42. The Morgan fingerprint density at radius 2 is 1.93 bits per heavy atom. The van der Waals surface area contributed by atoms with E-state index in [0.29, 0.717) is 6.42 Å². The molecule has 1 rings (SSSR count). The average Bonchev–Trinajstić information content (AvgIpc) is 2.49. The maximum atomic E-state index is 12.3. The zero-order valence-electron chi connectivity index (χ0n) is 7.55. The zero-order chi connectivity index (χ0) is 11.7. The van der Waals surface area contributed by atoms with Gasteiger partial charge in [-0.2, -0.15) is 22.0 Å². The lowest BCUT2D eigenvalue weighted by atomic mass is 10.3. The molecule has 15 heavy (non-hydrogen) atoms. The lowest BCUT2D eigenvalue weighted by Crippen LogP contribution is -2.37. The van der Waals surface area contributed by atoms with Crippen molar-refractivity contribution < 1.29 is 35.5 Å². The molecule has 3 nitrogen and oxygen atoms in total. The minimum absolute atomic E-state index is 0.0316. The summed E-state index contributed by atoms with van der Waals surface area (Å²) in [5.74, 6) is 0. The van der Waals surface area contributed by atoms with Crippen molar-refractivity contribution >= 4 is 8.60 Å². The van der Waals surface area contributed by atoms with E-state index >= 15 is 0 Å². The van der Waals surface area contributed by atoms with Crippen LogP contribution >= 0.6 is 8.60 Å². The third-order valence-electron chi connectivity index (χ3n) is 1.58. The number of hydrogen-bond donors (Lipinski definition) is 0. The molecule has 0 saturated carbocycles. The molecule has 2 atom stereocenters. The van der Waals surface area contributed by atoms with Crippen LogP contribution in [0.1, 0.15) is 13.3 Å². The lowest BCUT2D eigenvalue weighted by molar-refractivity contribution is -0.362. The fraction of sp³-hybridized carbons (Fsp3) is 1.00. The van der Waals surface area contributed by atoms with E-state index in [1.807, 2.05) is 0 Å². The van der Waals surface area contributed by atoms with Crippen LogP contribution in [-0.2, 0) is 13.6 Å². The Hall–Kier alpha value is -0.0400. The SMILES string of the molecule is CCC1COP(OC(F)(F)C(F)(F)F)O1. The van der Waals surface area contributed by atoms with Crippen LogP contribution in [0.25, 0.3) is 0 Å². The van der Waals surface area contributed by atoms with Gasteiger partial charge in [0, 0.05) is 0 Å². The largest absolute Gasteiger partial charge is 0.483 e. The molecule has 0 aliphatic carbocycles. The second kappa shape index (κ2) is 4.45. The Kier molecular flexibility index (Phi) is 3.86. The van der Waals surface area contributed by atoms with Crippen molar-refractivity contribution in [1.29, 1.82) is 0 Å². The smallest absolute Gasteiger partial charge is 0.309 e. The molecule has 1 saturated heterocycles. The molecular formula is C6H8F5O3P. The van der Waals surface area contributed by atoms with Gasteiger partial charge >= 0.3 is 20.9 Å². The Labute approximate surface area is 83.5 Å². The van der Waals surface area contributed by atoms with Gasteiger partial charge in [-0.1, -0.05) is 6.92 Å². The Balaban J connectivity index is 2.49. The van der Waals surface area contributed by atoms with E-state index in [9.17, 15) is 22.0 Å². The first-order valence-electron chi connectivity index (χ1n) is 3.99. The highest BCUT2D eigenvalue weighted by atomic mass is 31.2. The predicted octanol–water partition coefficient (Wildman–Crippen LogP) is 3.21. The summed E-state index contributed by atoms with van der Waals surface area (Å²) >= 11 is 0. The van der Waals surface area contributed by atoms with Gasteiger partial charge in [0.1, 0.15) is 0 Å². The summed E-state index contributed by atoms with van der Waals surface area (Å²) in [5.41, 5.74) is 0. The van der Waals surface area contributed by atoms with Crippen molar-refractivity contribution in [3.63, 3.8) is 0 Å². The van der Waals surface area contributed by atoms with Crippen molar-refractivity contribution in [3.05, 3.63) is 0 Å². The molecule has 1 fully saturated rings. The Morgan fingerprint density at radius 3 is 2.33 bits per heavy atom. The maximum absolute atomic E-state index is 12.3. The summed E-state index contributed by atoms with van der Waals surface area (Å²) in [6, 6.07) is 0. The van der Waals surface area contributed by atoms with Gasteiger partial charge < -0.3 is 9.05 Å². The van der Waals surface area contributed by atoms with Crippen LogP contribution in [0, 0.1) is 0 Å². The van der Waals surface area contributed by atoms with E-state index in [2.05, 4.69) is 13.6 Å². The monoisotopic (exact) mass is 254 g/mol. The van der Waals surface area contributed by atoms with E-state index < -0.39 is 27.0 Å². The first kappa shape index (κ1) is 13.0. The quantitative estimate of drug-likeness (QED) is 0.571. The van der Waals surface area contributed by atoms with Gasteiger partial charge in [-0.3, -0.25) is 0 Å². The molecule has 0 aromatic carbocycles. The molecule has 90 valence electrons. The van der Waals surface area contributed by atoms with Crippen LogP contribution in [0.4, 0.5) is 22.0 Å². The summed E-state index contributed by atoms with van der Waals surface area (Å²) in [6.07, 6.45) is -11.0.